The fourth-order valence-electron chi connectivity index (χ4n) is 2.89. The van der Waals surface area contributed by atoms with Gasteiger partial charge in [0, 0.05) is 0 Å². The Morgan fingerprint density at radius 1 is 0.875 bits per heavy atom. The smallest absolute Gasteiger partial charge is 0.0153 e. The van der Waals surface area contributed by atoms with E-state index >= 15 is 0 Å². The monoisotopic (exact) mass is 242 g/mol. The minimum absolute atomic E-state index is 0.685. The second kappa shape index (κ2) is 7.70. The van der Waals surface area contributed by atoms with E-state index in [1.807, 2.05) is 0 Å². The number of hydrogen-bond donors (Lipinski definition) is 0. The molecule has 0 N–H and O–H groups in total. The lowest BCUT2D eigenvalue weighted by molar-refractivity contribution is 0.400. The maximum absolute atomic E-state index is 2.53. The zero-order chi connectivity index (χ0) is 11.9. The second-order valence-electron chi connectivity index (χ2n) is 6.11. The summed E-state index contributed by atoms with van der Waals surface area (Å²) in [6.45, 7) is 7.39. The summed E-state index contributed by atoms with van der Waals surface area (Å²) in [5.74, 6) is 0.985. The van der Waals surface area contributed by atoms with Gasteiger partial charge in [0.05, 0.1) is 0 Å². The number of rotatable bonds is 1. The number of hydrogen-bond acceptors (Lipinski definition) is 0. The maximum atomic E-state index is 2.53. The Hall–Kier alpha value is 0.430. The van der Waals surface area contributed by atoms with Crippen LogP contribution in [-0.2, 0) is 0 Å². The molecule has 0 radical (unpaired) electrons. The van der Waals surface area contributed by atoms with Gasteiger partial charge in [-0.25, -0.2) is 0 Å². The Balaban J connectivity index is 2.36. The highest BCUT2D eigenvalue weighted by molar-refractivity contribution is 7.39. The Morgan fingerprint density at radius 2 is 1.38 bits per heavy atom. The van der Waals surface area contributed by atoms with Crippen LogP contribution < -0.4 is 0 Å². The Morgan fingerprint density at radius 3 is 1.81 bits per heavy atom. The van der Waals surface area contributed by atoms with E-state index in [9.17, 15) is 0 Å². The van der Waals surface area contributed by atoms with Crippen LogP contribution in [0.25, 0.3) is 0 Å². The van der Waals surface area contributed by atoms with Crippen LogP contribution >= 0.6 is 8.58 Å². The molecular formula is C15H31P. The van der Waals surface area contributed by atoms with Gasteiger partial charge in [0.1, 0.15) is 0 Å². The summed E-state index contributed by atoms with van der Waals surface area (Å²) >= 11 is 0. The van der Waals surface area contributed by atoms with E-state index in [1.165, 1.54) is 64.2 Å². The fraction of sp³-hybridized carbons (Fsp3) is 1.00. The van der Waals surface area contributed by atoms with Gasteiger partial charge in [-0.15, -0.1) is 8.58 Å². The third-order valence-electron chi connectivity index (χ3n) is 4.45. The largest absolute Gasteiger partial charge is 0.119 e. The average molecular weight is 242 g/mol. The van der Waals surface area contributed by atoms with Crippen molar-refractivity contribution in [3.63, 3.8) is 0 Å². The summed E-state index contributed by atoms with van der Waals surface area (Å²) in [6.07, 6.45) is 14.8. The molecule has 1 unspecified atom stereocenters. The van der Waals surface area contributed by atoms with Gasteiger partial charge >= 0.3 is 0 Å². The van der Waals surface area contributed by atoms with Crippen LogP contribution in [0.1, 0.15) is 78.1 Å². The highest BCUT2D eigenvalue weighted by Crippen LogP contribution is 2.39. The van der Waals surface area contributed by atoms with Gasteiger partial charge in [-0.2, -0.15) is 0 Å². The maximum Gasteiger partial charge on any atom is -0.0153 e. The molecule has 0 aromatic rings. The van der Waals surface area contributed by atoms with E-state index in [4.69, 9.17) is 0 Å². The molecule has 0 bridgehead atoms. The molecule has 0 aromatic heterocycles. The van der Waals surface area contributed by atoms with Crippen molar-refractivity contribution in [2.24, 2.45) is 5.92 Å². The molecular weight excluding hydrogens is 211 g/mol. The molecule has 1 rings (SSSR count). The highest BCUT2D eigenvalue weighted by atomic mass is 31.1. The van der Waals surface area contributed by atoms with Crippen molar-refractivity contribution in [1.29, 1.82) is 0 Å². The Bertz CT molecular complexity index is 162. The Kier molecular flexibility index (Phi) is 6.97. The van der Waals surface area contributed by atoms with Crippen molar-refractivity contribution >= 4 is 8.58 Å². The van der Waals surface area contributed by atoms with E-state index in [0.29, 0.717) is 5.16 Å². The van der Waals surface area contributed by atoms with Gasteiger partial charge in [0.15, 0.2) is 0 Å². The predicted octanol–water partition coefficient (Wildman–Crippen LogP) is 5.60. The summed E-state index contributed by atoms with van der Waals surface area (Å²) in [4.78, 5) is 0. The van der Waals surface area contributed by atoms with E-state index in [-0.39, 0.29) is 0 Å². The van der Waals surface area contributed by atoms with Crippen molar-refractivity contribution in [3.05, 3.63) is 0 Å². The molecule has 16 heavy (non-hydrogen) atoms. The normalized spacial score (nSPS) is 35.8. The van der Waals surface area contributed by atoms with Crippen molar-refractivity contribution in [3.8, 4) is 0 Å². The highest BCUT2D eigenvalue weighted by Gasteiger charge is 2.21. The summed E-state index contributed by atoms with van der Waals surface area (Å²) in [5.41, 5.74) is 0. The first-order chi connectivity index (χ1) is 7.66. The first-order valence-corrected chi connectivity index (χ1v) is 8.85. The standard InChI is InChI=1S/C15H31P/c1-14-10-6-4-8-12-15(2,16-3)13-9-5-7-11-14/h14,16H,4-13H2,1-3H3. The van der Waals surface area contributed by atoms with Crippen molar-refractivity contribution < 1.29 is 0 Å². The summed E-state index contributed by atoms with van der Waals surface area (Å²) in [5, 5.41) is 0.685. The Labute approximate surface area is 105 Å². The minimum atomic E-state index is 0.685. The summed E-state index contributed by atoms with van der Waals surface area (Å²) < 4.78 is 0. The molecule has 1 aliphatic rings. The van der Waals surface area contributed by atoms with Crippen LogP contribution in [0.15, 0.2) is 0 Å². The van der Waals surface area contributed by atoms with E-state index in [1.54, 1.807) is 0 Å². The van der Waals surface area contributed by atoms with E-state index in [2.05, 4.69) is 20.5 Å². The molecule has 1 atom stereocenters. The van der Waals surface area contributed by atoms with Crippen LogP contribution in [0.4, 0.5) is 0 Å². The summed E-state index contributed by atoms with van der Waals surface area (Å²) in [6, 6.07) is 0. The minimum Gasteiger partial charge on any atom is -0.119 e. The molecule has 0 nitrogen and oxygen atoms in total. The van der Waals surface area contributed by atoms with Gasteiger partial charge in [0.25, 0.3) is 0 Å². The van der Waals surface area contributed by atoms with Gasteiger partial charge in [-0.1, -0.05) is 65.2 Å². The average Bonchev–Trinajstić information content (AvgIpc) is 2.26. The predicted molar refractivity (Wildman–Crippen MR) is 78.0 cm³/mol. The summed E-state index contributed by atoms with van der Waals surface area (Å²) in [7, 11) is 1.14. The first-order valence-electron chi connectivity index (χ1n) is 7.35. The molecule has 1 fully saturated rings. The van der Waals surface area contributed by atoms with Crippen LogP contribution in [0, 0.1) is 5.92 Å². The van der Waals surface area contributed by atoms with Crippen molar-refractivity contribution in [2.45, 2.75) is 83.2 Å². The quantitative estimate of drug-likeness (QED) is 0.525. The van der Waals surface area contributed by atoms with Gasteiger partial charge in [-0.3, -0.25) is 0 Å². The second-order valence-corrected chi connectivity index (χ2v) is 7.82. The fourth-order valence-corrected chi connectivity index (χ4v) is 3.74. The molecule has 1 saturated carbocycles. The molecule has 1 heteroatoms. The molecule has 0 aliphatic heterocycles. The zero-order valence-corrected chi connectivity index (χ0v) is 12.6. The molecule has 0 aromatic carbocycles. The molecule has 0 saturated heterocycles. The van der Waals surface area contributed by atoms with Gasteiger partial charge in [0.2, 0.25) is 0 Å². The van der Waals surface area contributed by atoms with Gasteiger partial charge in [-0.05, 0) is 30.6 Å². The third kappa shape index (κ3) is 5.67. The first kappa shape index (κ1) is 14.5. The zero-order valence-electron chi connectivity index (χ0n) is 11.6. The molecule has 96 valence electrons. The molecule has 0 amide bonds. The van der Waals surface area contributed by atoms with E-state index < -0.39 is 0 Å². The lowest BCUT2D eigenvalue weighted by Gasteiger charge is -2.29. The van der Waals surface area contributed by atoms with Crippen molar-refractivity contribution in [2.75, 3.05) is 6.66 Å². The van der Waals surface area contributed by atoms with Crippen LogP contribution in [0.5, 0.6) is 0 Å². The van der Waals surface area contributed by atoms with Gasteiger partial charge < -0.3 is 0 Å². The van der Waals surface area contributed by atoms with Crippen LogP contribution in [0.2, 0.25) is 0 Å². The molecule has 0 spiro atoms. The lowest BCUT2D eigenvalue weighted by Crippen LogP contribution is -2.18. The lowest BCUT2D eigenvalue weighted by atomic mass is 9.90. The van der Waals surface area contributed by atoms with Crippen LogP contribution in [-0.4, -0.2) is 11.8 Å². The van der Waals surface area contributed by atoms with Crippen molar-refractivity contribution in [1.82, 2.24) is 0 Å². The van der Waals surface area contributed by atoms with Crippen LogP contribution in [0.3, 0.4) is 0 Å². The third-order valence-corrected chi connectivity index (χ3v) is 6.16. The SMILES string of the molecule is CPC1(C)CCCCCC(C)CCCCC1. The molecule has 0 heterocycles. The van der Waals surface area contributed by atoms with E-state index in [0.717, 1.165) is 14.5 Å². The topological polar surface area (TPSA) is 0 Å². The molecule has 1 aliphatic carbocycles.